The van der Waals surface area contributed by atoms with Crippen LogP contribution < -0.4 is 16.0 Å². The molecule has 168 valence electrons. The van der Waals surface area contributed by atoms with Crippen LogP contribution in [0, 0.1) is 5.41 Å². The Bertz CT molecular complexity index is 992. The maximum absolute atomic E-state index is 13.2. The van der Waals surface area contributed by atoms with Gasteiger partial charge in [0.1, 0.15) is 11.9 Å². The van der Waals surface area contributed by atoms with Gasteiger partial charge >= 0.3 is 6.18 Å². The SMILES string of the molecule is CNC(=O)[C@@H](NC(=O)c1nc(-c2cccc(C(F)(F)F)c2)n2c1CNCC2)C(C)(C)C. The van der Waals surface area contributed by atoms with Crippen molar-refractivity contribution in [2.24, 2.45) is 5.41 Å². The maximum Gasteiger partial charge on any atom is 0.416 e. The molecular formula is C21H26F3N5O2. The summed E-state index contributed by atoms with van der Waals surface area (Å²) in [4.78, 5) is 29.8. The van der Waals surface area contributed by atoms with E-state index >= 15 is 0 Å². The first-order valence-corrected chi connectivity index (χ1v) is 9.93. The normalized spacial score (nSPS) is 15.2. The number of amides is 2. The molecule has 10 heteroatoms. The number of imidazole rings is 1. The molecule has 31 heavy (non-hydrogen) atoms. The van der Waals surface area contributed by atoms with Gasteiger partial charge in [0.05, 0.1) is 11.3 Å². The van der Waals surface area contributed by atoms with Gasteiger partial charge < -0.3 is 20.5 Å². The molecule has 0 unspecified atom stereocenters. The molecule has 1 aromatic carbocycles. The largest absolute Gasteiger partial charge is 0.416 e. The van der Waals surface area contributed by atoms with E-state index in [1.807, 2.05) is 20.8 Å². The lowest BCUT2D eigenvalue weighted by atomic mass is 9.86. The molecule has 1 aromatic heterocycles. The molecule has 2 amide bonds. The van der Waals surface area contributed by atoms with E-state index in [2.05, 4.69) is 20.9 Å². The average molecular weight is 437 g/mol. The molecule has 3 N–H and O–H groups in total. The van der Waals surface area contributed by atoms with E-state index in [0.29, 0.717) is 31.2 Å². The third kappa shape index (κ3) is 4.73. The number of nitrogens with zero attached hydrogens (tertiary/aromatic N) is 2. The van der Waals surface area contributed by atoms with Gasteiger partial charge in [0.25, 0.3) is 5.91 Å². The molecule has 0 saturated heterocycles. The number of fused-ring (bicyclic) bond motifs is 1. The maximum atomic E-state index is 13.2. The quantitative estimate of drug-likeness (QED) is 0.686. The molecule has 0 fully saturated rings. The number of halogens is 3. The Labute approximate surface area is 178 Å². The Morgan fingerprint density at radius 3 is 2.55 bits per heavy atom. The van der Waals surface area contributed by atoms with Crippen LogP contribution in [-0.4, -0.2) is 41.0 Å². The molecule has 2 heterocycles. The highest BCUT2D eigenvalue weighted by Gasteiger charge is 2.35. The molecule has 0 radical (unpaired) electrons. The molecule has 0 spiro atoms. The van der Waals surface area contributed by atoms with Crippen molar-refractivity contribution in [1.29, 1.82) is 0 Å². The number of likely N-dealkylation sites (N-methyl/N-ethyl adjacent to an activating group) is 1. The molecule has 0 saturated carbocycles. The Balaban J connectivity index is 2.03. The van der Waals surface area contributed by atoms with Gasteiger partial charge in [0.2, 0.25) is 5.91 Å². The fraction of sp³-hybridized carbons (Fsp3) is 0.476. The van der Waals surface area contributed by atoms with Crippen LogP contribution in [0.5, 0.6) is 0 Å². The van der Waals surface area contributed by atoms with Crippen LogP contribution in [0.25, 0.3) is 11.4 Å². The fourth-order valence-electron chi connectivity index (χ4n) is 3.56. The van der Waals surface area contributed by atoms with Gasteiger partial charge in [0, 0.05) is 32.2 Å². The highest BCUT2D eigenvalue weighted by atomic mass is 19.4. The van der Waals surface area contributed by atoms with Crippen LogP contribution >= 0.6 is 0 Å². The lowest BCUT2D eigenvalue weighted by Gasteiger charge is -2.29. The van der Waals surface area contributed by atoms with Crippen molar-refractivity contribution in [1.82, 2.24) is 25.5 Å². The van der Waals surface area contributed by atoms with Gasteiger partial charge in [-0.3, -0.25) is 9.59 Å². The Kier molecular flexibility index (Phi) is 6.13. The van der Waals surface area contributed by atoms with E-state index < -0.39 is 29.1 Å². The standard InChI is InChI=1S/C21H26F3N5O2/c1-20(2,3)16(19(31)25-4)28-18(30)15-14-11-26-8-9-29(14)17(27-15)12-6-5-7-13(10-12)21(22,23)24/h5-7,10,16,26H,8-9,11H2,1-4H3,(H,25,31)(H,28,30)/t16-/m1/s1. The highest BCUT2D eigenvalue weighted by molar-refractivity contribution is 5.97. The summed E-state index contributed by atoms with van der Waals surface area (Å²) in [6.45, 7) is 6.87. The molecule has 1 aliphatic rings. The summed E-state index contributed by atoms with van der Waals surface area (Å²) in [6, 6.07) is 4.08. The highest BCUT2D eigenvalue weighted by Crippen LogP contribution is 2.33. The number of carbonyl (C=O) groups is 2. The van der Waals surface area contributed by atoms with Crippen molar-refractivity contribution >= 4 is 11.8 Å². The Morgan fingerprint density at radius 2 is 1.94 bits per heavy atom. The Hall–Kier alpha value is -2.88. The van der Waals surface area contributed by atoms with E-state index in [1.54, 1.807) is 4.57 Å². The molecule has 0 bridgehead atoms. The minimum absolute atomic E-state index is 0.0952. The van der Waals surface area contributed by atoms with Crippen molar-refractivity contribution in [3.63, 3.8) is 0 Å². The summed E-state index contributed by atoms with van der Waals surface area (Å²) in [6.07, 6.45) is -4.48. The summed E-state index contributed by atoms with van der Waals surface area (Å²) < 4.78 is 41.3. The summed E-state index contributed by atoms with van der Waals surface area (Å²) in [5, 5.41) is 8.44. The van der Waals surface area contributed by atoms with Gasteiger partial charge in [-0.2, -0.15) is 13.2 Å². The van der Waals surface area contributed by atoms with Crippen LogP contribution in [-0.2, 0) is 24.1 Å². The lowest BCUT2D eigenvalue weighted by Crippen LogP contribution is -2.53. The van der Waals surface area contributed by atoms with Crippen molar-refractivity contribution in [2.75, 3.05) is 13.6 Å². The van der Waals surface area contributed by atoms with E-state index in [0.717, 1.165) is 12.1 Å². The van der Waals surface area contributed by atoms with Crippen molar-refractivity contribution in [3.05, 3.63) is 41.2 Å². The first-order valence-electron chi connectivity index (χ1n) is 9.93. The van der Waals surface area contributed by atoms with E-state index in [-0.39, 0.29) is 17.2 Å². The summed E-state index contributed by atoms with van der Waals surface area (Å²) in [5.74, 6) is -0.598. The average Bonchev–Trinajstić information content (AvgIpc) is 3.10. The molecule has 3 rings (SSSR count). The van der Waals surface area contributed by atoms with Gasteiger partial charge in [0.15, 0.2) is 5.69 Å². The minimum atomic E-state index is -4.48. The van der Waals surface area contributed by atoms with Crippen molar-refractivity contribution < 1.29 is 22.8 Å². The number of carbonyl (C=O) groups excluding carboxylic acids is 2. The smallest absolute Gasteiger partial charge is 0.357 e. The fourth-order valence-corrected chi connectivity index (χ4v) is 3.56. The zero-order valence-corrected chi connectivity index (χ0v) is 17.9. The van der Waals surface area contributed by atoms with Gasteiger partial charge in [-0.15, -0.1) is 0 Å². The van der Waals surface area contributed by atoms with E-state index in [1.165, 1.54) is 19.2 Å². The predicted molar refractivity (Wildman–Crippen MR) is 109 cm³/mol. The number of rotatable bonds is 4. The summed E-state index contributed by atoms with van der Waals surface area (Å²) in [5.41, 5.74) is -0.401. The molecular weight excluding hydrogens is 411 g/mol. The van der Waals surface area contributed by atoms with Crippen molar-refractivity contribution in [3.8, 4) is 11.4 Å². The monoisotopic (exact) mass is 437 g/mol. The van der Waals surface area contributed by atoms with Gasteiger partial charge in [-0.05, 0) is 17.5 Å². The number of nitrogens with one attached hydrogen (secondary N) is 3. The van der Waals surface area contributed by atoms with Crippen LogP contribution in [0.2, 0.25) is 0 Å². The van der Waals surface area contributed by atoms with Crippen LogP contribution in [0.15, 0.2) is 24.3 Å². The Morgan fingerprint density at radius 1 is 1.23 bits per heavy atom. The number of aromatic nitrogens is 2. The first-order chi connectivity index (χ1) is 14.4. The summed E-state index contributed by atoms with van der Waals surface area (Å²) in [7, 11) is 1.49. The second-order valence-electron chi connectivity index (χ2n) is 8.52. The second-order valence-corrected chi connectivity index (χ2v) is 8.52. The number of alkyl halides is 3. The van der Waals surface area contributed by atoms with Crippen LogP contribution in [0.3, 0.4) is 0 Å². The minimum Gasteiger partial charge on any atom is -0.357 e. The third-order valence-corrected chi connectivity index (χ3v) is 5.19. The second kappa shape index (κ2) is 8.33. The van der Waals surface area contributed by atoms with Crippen LogP contribution in [0.4, 0.5) is 13.2 Å². The zero-order chi connectivity index (χ0) is 23.0. The predicted octanol–water partition coefficient (Wildman–Crippen LogP) is 2.56. The molecule has 0 aliphatic carbocycles. The molecule has 2 aromatic rings. The van der Waals surface area contributed by atoms with E-state index in [4.69, 9.17) is 0 Å². The molecule has 7 nitrogen and oxygen atoms in total. The molecule has 1 atom stereocenters. The first kappa shape index (κ1) is 22.8. The topological polar surface area (TPSA) is 88.1 Å². The van der Waals surface area contributed by atoms with Crippen LogP contribution in [0.1, 0.15) is 42.5 Å². The van der Waals surface area contributed by atoms with Gasteiger partial charge in [-0.1, -0.05) is 32.9 Å². The third-order valence-electron chi connectivity index (χ3n) is 5.19. The number of hydrogen-bond donors (Lipinski definition) is 3. The van der Waals surface area contributed by atoms with Crippen molar-refractivity contribution in [2.45, 2.75) is 46.1 Å². The van der Waals surface area contributed by atoms with E-state index in [9.17, 15) is 22.8 Å². The molecule has 1 aliphatic heterocycles. The van der Waals surface area contributed by atoms with Gasteiger partial charge in [-0.25, -0.2) is 4.98 Å². The summed E-state index contributed by atoms with van der Waals surface area (Å²) >= 11 is 0. The number of benzene rings is 1. The lowest BCUT2D eigenvalue weighted by molar-refractivity contribution is -0.137. The zero-order valence-electron chi connectivity index (χ0n) is 17.9. The number of hydrogen-bond acceptors (Lipinski definition) is 4.